The Labute approximate surface area is 107 Å². The molecule has 88 valence electrons. The zero-order valence-corrected chi connectivity index (χ0v) is 10.2. The van der Waals surface area contributed by atoms with Gasteiger partial charge >= 0.3 is 0 Å². The predicted octanol–water partition coefficient (Wildman–Crippen LogP) is 4.33. The van der Waals surface area contributed by atoms with E-state index in [1.807, 2.05) is 12.1 Å². The Morgan fingerprint density at radius 2 is 1.83 bits per heavy atom. The summed E-state index contributed by atoms with van der Waals surface area (Å²) in [5, 5.41) is 1.27. The molecule has 0 aliphatic heterocycles. The minimum atomic E-state index is 0.914. The third-order valence-corrected chi connectivity index (χ3v) is 3.23. The Hall–Kier alpha value is -2.28. The molecule has 0 unspecified atom stereocenters. The lowest BCUT2D eigenvalue weighted by molar-refractivity contribution is 0.837. The summed E-state index contributed by atoms with van der Waals surface area (Å²) >= 11 is 0. The maximum absolute atomic E-state index is 3.81. The van der Waals surface area contributed by atoms with Gasteiger partial charge in [0.2, 0.25) is 0 Å². The number of aromatic nitrogens is 1. The van der Waals surface area contributed by atoms with Crippen molar-refractivity contribution in [2.24, 2.45) is 0 Å². The van der Waals surface area contributed by atoms with E-state index in [0.29, 0.717) is 0 Å². The molecule has 0 aliphatic carbocycles. The molecule has 1 heteroatoms. The molecule has 0 N–H and O–H groups in total. The third kappa shape index (κ3) is 1.95. The lowest BCUT2D eigenvalue weighted by Gasteiger charge is -2.05. The minimum absolute atomic E-state index is 0.914. The second kappa shape index (κ2) is 4.53. The van der Waals surface area contributed by atoms with E-state index in [9.17, 15) is 0 Å². The van der Waals surface area contributed by atoms with Crippen LogP contribution in [0.2, 0.25) is 0 Å². The van der Waals surface area contributed by atoms with Crippen molar-refractivity contribution < 1.29 is 0 Å². The molecule has 0 radical (unpaired) electrons. The van der Waals surface area contributed by atoms with E-state index in [2.05, 4.69) is 65.9 Å². The number of fused-ring (bicyclic) bond motifs is 1. The van der Waals surface area contributed by atoms with Gasteiger partial charge in [-0.2, -0.15) is 0 Å². The van der Waals surface area contributed by atoms with Gasteiger partial charge < -0.3 is 4.57 Å². The van der Waals surface area contributed by atoms with Gasteiger partial charge in [-0.25, -0.2) is 0 Å². The average Bonchev–Trinajstić information content (AvgIpc) is 2.82. The van der Waals surface area contributed by atoms with E-state index >= 15 is 0 Å². The van der Waals surface area contributed by atoms with E-state index in [1.54, 1.807) is 0 Å². The first-order chi connectivity index (χ1) is 8.86. The van der Waals surface area contributed by atoms with Crippen LogP contribution in [0.4, 0.5) is 0 Å². The standard InChI is InChI=1S/C17H15N/c1-2-14-8-9-17-16(12-14)10-11-18(17)13-15-6-4-3-5-7-15/h2-12H,1,13H2. The highest BCUT2D eigenvalue weighted by Gasteiger charge is 2.01. The molecule has 0 saturated heterocycles. The highest BCUT2D eigenvalue weighted by molar-refractivity contribution is 5.82. The summed E-state index contributed by atoms with van der Waals surface area (Å²) in [4.78, 5) is 0. The Bertz CT molecular complexity index is 677. The van der Waals surface area contributed by atoms with Gasteiger partial charge in [0.1, 0.15) is 0 Å². The van der Waals surface area contributed by atoms with Crippen molar-refractivity contribution in [2.75, 3.05) is 0 Å². The van der Waals surface area contributed by atoms with Crippen LogP contribution in [0, 0.1) is 0 Å². The van der Waals surface area contributed by atoms with E-state index < -0.39 is 0 Å². The molecule has 0 spiro atoms. The monoisotopic (exact) mass is 233 g/mol. The predicted molar refractivity (Wildman–Crippen MR) is 77.6 cm³/mol. The van der Waals surface area contributed by atoms with Gasteiger partial charge in [0, 0.05) is 23.6 Å². The molecule has 2 aromatic carbocycles. The summed E-state index contributed by atoms with van der Waals surface area (Å²) in [5.74, 6) is 0. The van der Waals surface area contributed by atoms with Crippen LogP contribution in [-0.4, -0.2) is 4.57 Å². The fourth-order valence-electron chi connectivity index (χ4n) is 2.26. The zero-order valence-electron chi connectivity index (χ0n) is 10.2. The molecule has 0 amide bonds. The van der Waals surface area contributed by atoms with Crippen molar-refractivity contribution in [3.63, 3.8) is 0 Å². The smallest absolute Gasteiger partial charge is 0.0483 e. The maximum Gasteiger partial charge on any atom is 0.0483 e. The molecule has 1 nitrogen and oxygen atoms in total. The van der Waals surface area contributed by atoms with Gasteiger partial charge in [-0.05, 0) is 29.3 Å². The normalized spacial score (nSPS) is 10.7. The van der Waals surface area contributed by atoms with Gasteiger partial charge in [-0.1, -0.05) is 49.1 Å². The van der Waals surface area contributed by atoms with Crippen LogP contribution in [0.1, 0.15) is 11.1 Å². The van der Waals surface area contributed by atoms with Crippen LogP contribution >= 0.6 is 0 Å². The molecule has 3 rings (SSSR count). The van der Waals surface area contributed by atoms with Crippen molar-refractivity contribution >= 4 is 17.0 Å². The quantitative estimate of drug-likeness (QED) is 0.634. The van der Waals surface area contributed by atoms with Crippen LogP contribution in [0.3, 0.4) is 0 Å². The zero-order chi connectivity index (χ0) is 12.4. The lowest BCUT2D eigenvalue weighted by Crippen LogP contribution is -1.97. The molecular formula is C17H15N. The van der Waals surface area contributed by atoms with Crippen molar-refractivity contribution in [1.82, 2.24) is 4.57 Å². The fraction of sp³-hybridized carbons (Fsp3) is 0.0588. The summed E-state index contributed by atoms with van der Waals surface area (Å²) in [6.45, 7) is 4.72. The van der Waals surface area contributed by atoms with Gasteiger partial charge in [0.15, 0.2) is 0 Å². The molecule has 0 bridgehead atoms. The Kier molecular flexibility index (Phi) is 2.73. The molecule has 3 aromatic rings. The molecule has 1 aromatic heterocycles. The van der Waals surface area contributed by atoms with E-state index in [4.69, 9.17) is 0 Å². The summed E-state index contributed by atoms with van der Waals surface area (Å²) < 4.78 is 2.28. The fourth-order valence-corrected chi connectivity index (χ4v) is 2.26. The Morgan fingerprint density at radius 3 is 2.61 bits per heavy atom. The summed E-state index contributed by atoms with van der Waals surface area (Å²) in [6.07, 6.45) is 4.03. The Morgan fingerprint density at radius 1 is 1.00 bits per heavy atom. The molecule has 0 saturated carbocycles. The Balaban J connectivity index is 2.00. The summed E-state index contributed by atoms with van der Waals surface area (Å²) in [5.41, 5.74) is 3.76. The third-order valence-electron chi connectivity index (χ3n) is 3.23. The van der Waals surface area contributed by atoms with Crippen LogP contribution in [0.15, 0.2) is 67.4 Å². The van der Waals surface area contributed by atoms with Crippen molar-refractivity contribution in [3.8, 4) is 0 Å². The van der Waals surface area contributed by atoms with Crippen LogP contribution in [0.5, 0.6) is 0 Å². The molecule has 1 heterocycles. The van der Waals surface area contributed by atoms with Crippen molar-refractivity contribution in [2.45, 2.75) is 6.54 Å². The highest BCUT2D eigenvalue weighted by atomic mass is 14.9. The molecule has 0 atom stereocenters. The second-order valence-corrected chi connectivity index (χ2v) is 4.45. The van der Waals surface area contributed by atoms with E-state index in [0.717, 1.165) is 6.54 Å². The lowest BCUT2D eigenvalue weighted by atomic mass is 10.1. The van der Waals surface area contributed by atoms with E-state index in [1.165, 1.54) is 22.0 Å². The molecule has 0 fully saturated rings. The minimum Gasteiger partial charge on any atom is -0.343 e. The average molecular weight is 233 g/mol. The number of hydrogen-bond acceptors (Lipinski definition) is 0. The largest absolute Gasteiger partial charge is 0.343 e. The SMILES string of the molecule is C=Cc1ccc2c(ccn2Cc2ccccc2)c1. The van der Waals surface area contributed by atoms with Crippen LogP contribution in [-0.2, 0) is 6.54 Å². The molecule has 18 heavy (non-hydrogen) atoms. The van der Waals surface area contributed by atoms with Crippen LogP contribution in [0.25, 0.3) is 17.0 Å². The first-order valence-electron chi connectivity index (χ1n) is 6.12. The van der Waals surface area contributed by atoms with Gasteiger partial charge in [0.25, 0.3) is 0 Å². The summed E-state index contributed by atoms with van der Waals surface area (Å²) in [7, 11) is 0. The second-order valence-electron chi connectivity index (χ2n) is 4.45. The maximum atomic E-state index is 3.81. The van der Waals surface area contributed by atoms with E-state index in [-0.39, 0.29) is 0 Å². The van der Waals surface area contributed by atoms with Gasteiger partial charge in [-0.3, -0.25) is 0 Å². The number of benzene rings is 2. The van der Waals surface area contributed by atoms with Crippen molar-refractivity contribution in [3.05, 3.63) is 78.5 Å². The first-order valence-corrected chi connectivity index (χ1v) is 6.12. The number of rotatable bonds is 3. The topological polar surface area (TPSA) is 4.93 Å². The molecular weight excluding hydrogens is 218 g/mol. The van der Waals surface area contributed by atoms with Crippen LogP contribution < -0.4 is 0 Å². The number of nitrogens with zero attached hydrogens (tertiary/aromatic N) is 1. The first kappa shape index (κ1) is 10.8. The van der Waals surface area contributed by atoms with Gasteiger partial charge in [-0.15, -0.1) is 0 Å². The van der Waals surface area contributed by atoms with Gasteiger partial charge in [0.05, 0.1) is 0 Å². The highest BCUT2D eigenvalue weighted by Crippen LogP contribution is 2.19. The van der Waals surface area contributed by atoms with Crippen molar-refractivity contribution in [1.29, 1.82) is 0 Å². The summed E-state index contributed by atoms with van der Waals surface area (Å²) in [6, 6.07) is 19.1. The number of hydrogen-bond donors (Lipinski definition) is 0. The molecule has 0 aliphatic rings.